The topological polar surface area (TPSA) is 36.4 Å². The van der Waals surface area contributed by atoms with E-state index < -0.39 is 0 Å². The summed E-state index contributed by atoms with van der Waals surface area (Å²) in [6.45, 7) is 5.38. The quantitative estimate of drug-likeness (QED) is 0.498. The molecule has 1 atom stereocenters. The second-order valence-electron chi connectivity index (χ2n) is 7.64. The molecule has 6 heteroatoms. The van der Waals surface area contributed by atoms with Gasteiger partial charge < -0.3 is 0 Å². The molecule has 1 fully saturated rings. The number of carbonyl (C=O) groups is 1. The summed E-state index contributed by atoms with van der Waals surface area (Å²) in [4.78, 5) is 21.4. The number of anilines is 2. The monoisotopic (exact) mass is 423 g/mol. The Kier molecular flexibility index (Phi) is 6.25. The molecule has 30 heavy (non-hydrogen) atoms. The van der Waals surface area contributed by atoms with E-state index in [9.17, 15) is 9.18 Å². The highest BCUT2D eigenvalue weighted by Gasteiger charge is 2.27. The van der Waals surface area contributed by atoms with Crippen LogP contribution in [0.15, 0.2) is 53.9 Å². The standard InChI is InChI=1S/C24H26FN3OS/c1-3-18-7-4-5-8-23(18)28(17(2)29)24-26-21(16-30-24)15-27-14-6-9-22(27)19-10-12-20(25)13-11-19/h4-5,7-8,10-13,16,22H,3,6,9,14-15H2,1-2H3. The van der Waals surface area contributed by atoms with Gasteiger partial charge in [0.25, 0.3) is 0 Å². The third-order valence-corrected chi connectivity index (χ3v) is 6.52. The van der Waals surface area contributed by atoms with Gasteiger partial charge in [-0.2, -0.15) is 0 Å². The van der Waals surface area contributed by atoms with Crippen molar-refractivity contribution in [2.24, 2.45) is 0 Å². The van der Waals surface area contributed by atoms with Gasteiger partial charge >= 0.3 is 0 Å². The lowest BCUT2D eigenvalue weighted by Gasteiger charge is -2.24. The number of aryl methyl sites for hydroxylation is 1. The summed E-state index contributed by atoms with van der Waals surface area (Å²) >= 11 is 1.50. The minimum Gasteiger partial charge on any atom is -0.290 e. The summed E-state index contributed by atoms with van der Waals surface area (Å²) in [5, 5.41) is 2.75. The predicted octanol–water partition coefficient (Wildman–Crippen LogP) is 5.87. The summed E-state index contributed by atoms with van der Waals surface area (Å²) in [5.74, 6) is -0.244. The van der Waals surface area contributed by atoms with Crippen molar-refractivity contribution in [1.82, 2.24) is 9.88 Å². The molecule has 2 aromatic carbocycles. The molecule has 156 valence electrons. The Morgan fingerprint density at radius 1 is 1.23 bits per heavy atom. The van der Waals surface area contributed by atoms with Crippen molar-refractivity contribution < 1.29 is 9.18 Å². The molecule has 2 heterocycles. The van der Waals surface area contributed by atoms with E-state index in [1.807, 2.05) is 35.7 Å². The lowest BCUT2D eigenvalue weighted by Crippen LogP contribution is -2.25. The number of para-hydroxylation sites is 1. The largest absolute Gasteiger partial charge is 0.290 e. The van der Waals surface area contributed by atoms with Crippen LogP contribution in [0.4, 0.5) is 15.2 Å². The van der Waals surface area contributed by atoms with Crippen LogP contribution in [0.25, 0.3) is 0 Å². The Balaban J connectivity index is 1.55. The average molecular weight is 424 g/mol. The second-order valence-corrected chi connectivity index (χ2v) is 8.47. The van der Waals surface area contributed by atoms with Crippen LogP contribution in [0.5, 0.6) is 0 Å². The van der Waals surface area contributed by atoms with E-state index >= 15 is 0 Å². The first kappa shape index (κ1) is 20.7. The predicted molar refractivity (Wildman–Crippen MR) is 120 cm³/mol. The molecule has 0 saturated carbocycles. The number of nitrogens with zero attached hydrogens (tertiary/aromatic N) is 3. The number of amides is 1. The SMILES string of the molecule is CCc1ccccc1N(C(C)=O)c1nc(CN2CCCC2c2ccc(F)cc2)cs1. The highest BCUT2D eigenvalue weighted by molar-refractivity contribution is 7.14. The van der Waals surface area contributed by atoms with Gasteiger partial charge in [0.05, 0.1) is 11.4 Å². The minimum atomic E-state index is -0.205. The van der Waals surface area contributed by atoms with Crippen molar-refractivity contribution in [3.8, 4) is 0 Å². The summed E-state index contributed by atoms with van der Waals surface area (Å²) < 4.78 is 13.3. The number of thiazole rings is 1. The maximum atomic E-state index is 13.3. The highest BCUT2D eigenvalue weighted by atomic mass is 32.1. The van der Waals surface area contributed by atoms with E-state index in [0.717, 1.165) is 54.9 Å². The molecule has 4 nitrogen and oxygen atoms in total. The first-order valence-electron chi connectivity index (χ1n) is 10.4. The number of hydrogen-bond acceptors (Lipinski definition) is 4. The number of hydrogen-bond donors (Lipinski definition) is 0. The summed E-state index contributed by atoms with van der Waals surface area (Å²) in [7, 11) is 0. The maximum absolute atomic E-state index is 13.3. The van der Waals surface area contributed by atoms with Crippen LogP contribution in [0, 0.1) is 5.82 Å². The van der Waals surface area contributed by atoms with Crippen LogP contribution < -0.4 is 4.90 Å². The zero-order chi connectivity index (χ0) is 21.1. The first-order chi connectivity index (χ1) is 14.6. The van der Waals surface area contributed by atoms with Crippen LogP contribution in [0.1, 0.15) is 49.6 Å². The third-order valence-electron chi connectivity index (χ3n) is 5.64. The number of benzene rings is 2. The lowest BCUT2D eigenvalue weighted by molar-refractivity contribution is -0.115. The van der Waals surface area contributed by atoms with Gasteiger partial charge in [0.15, 0.2) is 5.13 Å². The molecule has 3 aromatic rings. The van der Waals surface area contributed by atoms with Crippen LogP contribution >= 0.6 is 11.3 Å². The molecule has 1 aliphatic rings. The maximum Gasteiger partial charge on any atom is 0.230 e. The van der Waals surface area contributed by atoms with Crippen molar-refractivity contribution >= 4 is 28.1 Å². The lowest BCUT2D eigenvalue weighted by atomic mass is 10.0. The summed E-state index contributed by atoms with van der Waals surface area (Å²) in [6, 6.07) is 15.1. The molecule has 1 unspecified atom stereocenters. The van der Waals surface area contributed by atoms with Crippen molar-refractivity contribution in [1.29, 1.82) is 0 Å². The van der Waals surface area contributed by atoms with Gasteiger partial charge in [-0.1, -0.05) is 37.3 Å². The van der Waals surface area contributed by atoms with Gasteiger partial charge in [-0.25, -0.2) is 9.37 Å². The smallest absolute Gasteiger partial charge is 0.230 e. The molecule has 0 aliphatic carbocycles. The molecule has 1 amide bonds. The number of likely N-dealkylation sites (tertiary alicyclic amines) is 1. The summed E-state index contributed by atoms with van der Waals surface area (Å²) in [6.07, 6.45) is 3.03. The molecule has 1 aliphatic heterocycles. The fraction of sp³-hybridized carbons (Fsp3) is 0.333. The number of carbonyl (C=O) groups excluding carboxylic acids is 1. The third kappa shape index (κ3) is 4.30. The van der Waals surface area contributed by atoms with E-state index in [2.05, 4.69) is 17.9 Å². The number of rotatable bonds is 6. The molecule has 0 bridgehead atoms. The average Bonchev–Trinajstić information content (AvgIpc) is 3.39. The van der Waals surface area contributed by atoms with Gasteiger partial charge in [-0.3, -0.25) is 14.6 Å². The molecule has 1 aromatic heterocycles. The molecule has 4 rings (SSSR count). The van der Waals surface area contributed by atoms with E-state index in [4.69, 9.17) is 4.98 Å². The molecule has 0 spiro atoms. The Hall–Kier alpha value is -2.57. The minimum absolute atomic E-state index is 0.0397. The normalized spacial score (nSPS) is 16.7. The van der Waals surface area contributed by atoms with Gasteiger partial charge in [0.2, 0.25) is 5.91 Å². The van der Waals surface area contributed by atoms with Crippen LogP contribution in [0.2, 0.25) is 0 Å². The molecular formula is C24H26FN3OS. The zero-order valence-electron chi connectivity index (χ0n) is 17.3. The van der Waals surface area contributed by atoms with Crippen molar-refractivity contribution in [2.45, 2.75) is 45.7 Å². The fourth-order valence-electron chi connectivity index (χ4n) is 4.19. The van der Waals surface area contributed by atoms with E-state index in [0.29, 0.717) is 5.13 Å². The van der Waals surface area contributed by atoms with E-state index in [1.54, 1.807) is 11.8 Å². The van der Waals surface area contributed by atoms with Crippen LogP contribution in [-0.2, 0) is 17.8 Å². The Bertz CT molecular complexity index is 1020. The fourth-order valence-corrected chi connectivity index (χ4v) is 5.06. The van der Waals surface area contributed by atoms with Crippen molar-refractivity contribution in [3.05, 3.63) is 76.5 Å². The first-order valence-corrected chi connectivity index (χ1v) is 11.3. The Labute approximate surface area is 181 Å². The van der Waals surface area contributed by atoms with Gasteiger partial charge in [0.1, 0.15) is 5.82 Å². The molecular weight excluding hydrogens is 397 g/mol. The molecule has 0 radical (unpaired) electrons. The highest BCUT2D eigenvalue weighted by Crippen LogP contribution is 2.35. The molecule has 0 N–H and O–H groups in total. The zero-order valence-corrected chi connectivity index (χ0v) is 18.2. The van der Waals surface area contributed by atoms with Crippen molar-refractivity contribution in [2.75, 3.05) is 11.4 Å². The Morgan fingerprint density at radius 3 is 2.73 bits per heavy atom. The number of aromatic nitrogens is 1. The number of halogens is 1. The van der Waals surface area contributed by atoms with E-state index in [1.165, 1.54) is 23.5 Å². The second kappa shape index (κ2) is 9.06. The van der Waals surface area contributed by atoms with Gasteiger partial charge in [0, 0.05) is 24.9 Å². The summed E-state index contributed by atoms with van der Waals surface area (Å²) in [5.41, 5.74) is 4.13. The Morgan fingerprint density at radius 2 is 2.00 bits per heavy atom. The van der Waals surface area contributed by atoms with Crippen LogP contribution in [-0.4, -0.2) is 22.3 Å². The van der Waals surface area contributed by atoms with Crippen LogP contribution in [0.3, 0.4) is 0 Å². The van der Waals surface area contributed by atoms with Gasteiger partial charge in [-0.15, -0.1) is 11.3 Å². The molecule has 1 saturated heterocycles. The van der Waals surface area contributed by atoms with E-state index in [-0.39, 0.29) is 17.8 Å². The van der Waals surface area contributed by atoms with Gasteiger partial charge in [-0.05, 0) is 55.1 Å². The van der Waals surface area contributed by atoms with Crippen molar-refractivity contribution in [3.63, 3.8) is 0 Å².